The molecule has 166 valence electrons. The average molecular weight is 434 g/mol. The number of imidazole rings is 1. The minimum absolute atomic E-state index is 0.212. The van der Waals surface area contributed by atoms with Crippen molar-refractivity contribution in [2.24, 2.45) is 7.05 Å². The average Bonchev–Trinajstić information content (AvgIpc) is 3.46. The first kappa shape index (κ1) is 21.7. The van der Waals surface area contributed by atoms with Gasteiger partial charge in [-0.15, -0.1) is 0 Å². The van der Waals surface area contributed by atoms with Gasteiger partial charge in [0.2, 0.25) is 5.91 Å². The van der Waals surface area contributed by atoms with Crippen molar-refractivity contribution in [3.63, 3.8) is 0 Å². The summed E-state index contributed by atoms with van der Waals surface area (Å²) in [5, 5.41) is 6.89. The number of amides is 1. The van der Waals surface area contributed by atoms with E-state index in [1.165, 1.54) is 0 Å². The number of fused-ring (bicyclic) bond motifs is 2. The van der Waals surface area contributed by atoms with E-state index in [-0.39, 0.29) is 12.4 Å². The van der Waals surface area contributed by atoms with Crippen LogP contribution in [0.25, 0.3) is 0 Å². The number of rotatable bonds is 4. The predicted octanol–water partition coefficient (Wildman–Crippen LogP) is 2.51. The van der Waals surface area contributed by atoms with Crippen LogP contribution in [0.4, 0.5) is 5.69 Å². The van der Waals surface area contributed by atoms with E-state index in [1.54, 1.807) is 6.20 Å². The standard InChI is InChI=1S/C23H25N5O.CH2O2/c1-17-18(6-5-10-24-17)14-28-20-8-4-3-7-19(20)23(22(28)29)9-12-27(16-23)15-21-25-11-13-26(21)2;2-1-3/h3-8,10-11,13H,9,12,14-16H2,1-2H3;1H,(H,2,3). The Hall–Kier alpha value is -3.52. The Kier molecular flexibility index (Phi) is 6.05. The number of anilines is 1. The molecule has 1 amide bonds. The van der Waals surface area contributed by atoms with Gasteiger partial charge in [0, 0.05) is 50.1 Å². The molecule has 0 radical (unpaired) electrons. The maximum atomic E-state index is 13.8. The molecule has 1 fully saturated rings. The largest absolute Gasteiger partial charge is 0.483 e. The highest BCUT2D eigenvalue weighted by Crippen LogP contribution is 2.48. The van der Waals surface area contributed by atoms with Gasteiger partial charge in [-0.05, 0) is 36.6 Å². The van der Waals surface area contributed by atoms with Crippen LogP contribution in [0.3, 0.4) is 0 Å². The third-order valence-electron chi connectivity index (χ3n) is 6.44. The Bertz CT molecular complexity index is 1130. The number of carbonyl (C=O) groups excluding carboxylic acids is 1. The van der Waals surface area contributed by atoms with Crippen LogP contribution in [0.5, 0.6) is 0 Å². The Labute approximate surface area is 187 Å². The minimum Gasteiger partial charge on any atom is -0.483 e. The minimum atomic E-state index is -0.460. The molecule has 0 saturated carbocycles. The van der Waals surface area contributed by atoms with E-state index in [1.807, 2.05) is 54.0 Å². The highest BCUT2D eigenvalue weighted by molar-refractivity contribution is 6.08. The number of para-hydroxylation sites is 1. The normalized spacial score (nSPS) is 19.7. The van der Waals surface area contributed by atoms with Crippen LogP contribution in [0.1, 0.15) is 29.1 Å². The quantitative estimate of drug-likeness (QED) is 0.636. The second-order valence-corrected chi connectivity index (χ2v) is 8.26. The Morgan fingerprint density at radius 3 is 2.62 bits per heavy atom. The fourth-order valence-corrected chi connectivity index (χ4v) is 4.78. The number of hydrogen-bond acceptors (Lipinski definition) is 5. The number of benzene rings is 1. The molecule has 2 aromatic heterocycles. The van der Waals surface area contributed by atoms with Crippen LogP contribution < -0.4 is 4.90 Å². The van der Waals surface area contributed by atoms with Gasteiger partial charge in [0.25, 0.3) is 6.47 Å². The van der Waals surface area contributed by atoms with E-state index >= 15 is 0 Å². The summed E-state index contributed by atoms with van der Waals surface area (Å²) < 4.78 is 2.05. The van der Waals surface area contributed by atoms with Gasteiger partial charge in [0.1, 0.15) is 5.82 Å². The first-order chi connectivity index (χ1) is 15.5. The van der Waals surface area contributed by atoms with Crippen molar-refractivity contribution in [3.05, 3.63) is 77.6 Å². The summed E-state index contributed by atoms with van der Waals surface area (Å²) >= 11 is 0. The molecule has 5 rings (SSSR count). The maximum Gasteiger partial charge on any atom is 0.290 e. The number of nitrogens with zero attached hydrogens (tertiary/aromatic N) is 5. The summed E-state index contributed by atoms with van der Waals surface area (Å²) in [5.74, 6) is 1.24. The topological polar surface area (TPSA) is 91.6 Å². The van der Waals surface area contributed by atoms with Gasteiger partial charge in [0.15, 0.2) is 0 Å². The molecule has 8 heteroatoms. The summed E-state index contributed by atoms with van der Waals surface area (Å²) in [5.41, 5.74) is 3.81. The first-order valence-electron chi connectivity index (χ1n) is 10.6. The smallest absolute Gasteiger partial charge is 0.290 e. The summed E-state index contributed by atoms with van der Waals surface area (Å²) in [6.07, 6.45) is 6.44. The van der Waals surface area contributed by atoms with Crippen LogP contribution in [0.2, 0.25) is 0 Å². The summed E-state index contributed by atoms with van der Waals surface area (Å²) in [6.45, 7) is 4.71. The van der Waals surface area contributed by atoms with Crippen molar-refractivity contribution in [2.45, 2.75) is 31.8 Å². The molecule has 32 heavy (non-hydrogen) atoms. The zero-order valence-electron chi connectivity index (χ0n) is 18.3. The van der Waals surface area contributed by atoms with Gasteiger partial charge in [-0.3, -0.25) is 19.5 Å². The molecular formula is C24H27N5O3. The number of hydrogen-bond donors (Lipinski definition) is 1. The molecular weight excluding hydrogens is 406 g/mol. The molecule has 4 heterocycles. The lowest BCUT2D eigenvalue weighted by molar-refractivity contribution is -0.123. The molecule has 1 unspecified atom stereocenters. The summed E-state index contributed by atoms with van der Waals surface area (Å²) in [6, 6.07) is 12.3. The van der Waals surface area contributed by atoms with Crippen molar-refractivity contribution >= 4 is 18.1 Å². The van der Waals surface area contributed by atoms with Gasteiger partial charge in [-0.1, -0.05) is 24.3 Å². The van der Waals surface area contributed by atoms with E-state index in [0.717, 1.165) is 54.4 Å². The molecule has 8 nitrogen and oxygen atoms in total. The number of carboxylic acid groups (broad SMARTS) is 1. The second kappa shape index (κ2) is 8.92. The predicted molar refractivity (Wildman–Crippen MR) is 120 cm³/mol. The lowest BCUT2D eigenvalue weighted by atomic mass is 9.81. The molecule has 2 aliphatic rings. The van der Waals surface area contributed by atoms with Crippen LogP contribution in [0, 0.1) is 6.92 Å². The van der Waals surface area contributed by atoms with Gasteiger partial charge < -0.3 is 14.6 Å². The zero-order valence-corrected chi connectivity index (χ0v) is 18.3. The molecule has 1 spiro atoms. The molecule has 1 N–H and O–H groups in total. The second-order valence-electron chi connectivity index (χ2n) is 8.26. The van der Waals surface area contributed by atoms with E-state index in [2.05, 4.69) is 33.1 Å². The monoisotopic (exact) mass is 433 g/mol. The molecule has 1 saturated heterocycles. The van der Waals surface area contributed by atoms with Crippen molar-refractivity contribution in [1.82, 2.24) is 19.4 Å². The van der Waals surface area contributed by atoms with Crippen LogP contribution in [-0.2, 0) is 35.1 Å². The van der Waals surface area contributed by atoms with E-state index < -0.39 is 5.41 Å². The molecule has 1 atom stereocenters. The number of pyridine rings is 1. The lowest BCUT2D eigenvalue weighted by Gasteiger charge is -2.25. The zero-order chi connectivity index (χ0) is 22.7. The van der Waals surface area contributed by atoms with Crippen molar-refractivity contribution in [2.75, 3.05) is 18.0 Å². The van der Waals surface area contributed by atoms with Crippen LogP contribution in [0.15, 0.2) is 55.0 Å². The lowest BCUT2D eigenvalue weighted by Crippen LogP contribution is -2.42. The number of aryl methyl sites for hydroxylation is 2. The third-order valence-corrected chi connectivity index (χ3v) is 6.44. The molecule has 3 aromatic rings. The number of aromatic nitrogens is 3. The Balaban J connectivity index is 0.000000775. The highest BCUT2D eigenvalue weighted by Gasteiger charge is 2.54. The van der Waals surface area contributed by atoms with Crippen LogP contribution in [-0.4, -0.2) is 50.0 Å². The molecule has 0 bridgehead atoms. The van der Waals surface area contributed by atoms with Gasteiger partial charge in [-0.2, -0.15) is 0 Å². The Morgan fingerprint density at radius 2 is 1.91 bits per heavy atom. The van der Waals surface area contributed by atoms with Gasteiger partial charge in [-0.25, -0.2) is 4.98 Å². The number of likely N-dealkylation sites (tertiary alicyclic amines) is 1. The SMILES string of the molecule is Cc1ncccc1CN1C(=O)C2(CCN(Cc3nccn3C)C2)c2ccccc21.O=CO. The first-order valence-corrected chi connectivity index (χ1v) is 10.6. The van der Waals surface area contributed by atoms with Gasteiger partial charge in [0.05, 0.1) is 18.5 Å². The summed E-state index contributed by atoms with van der Waals surface area (Å²) in [7, 11) is 2.02. The van der Waals surface area contributed by atoms with Crippen LogP contribution >= 0.6 is 0 Å². The van der Waals surface area contributed by atoms with Gasteiger partial charge >= 0.3 is 0 Å². The third kappa shape index (κ3) is 3.78. The Morgan fingerprint density at radius 1 is 1.12 bits per heavy atom. The number of carbonyl (C=O) groups is 2. The molecule has 0 aliphatic carbocycles. The molecule has 2 aliphatic heterocycles. The maximum absolute atomic E-state index is 13.8. The van der Waals surface area contributed by atoms with Crippen molar-refractivity contribution in [1.29, 1.82) is 0 Å². The summed E-state index contributed by atoms with van der Waals surface area (Å²) in [4.78, 5) is 35.3. The van der Waals surface area contributed by atoms with E-state index in [0.29, 0.717) is 6.54 Å². The molecule has 1 aromatic carbocycles. The van der Waals surface area contributed by atoms with Crippen molar-refractivity contribution < 1.29 is 14.7 Å². The van der Waals surface area contributed by atoms with E-state index in [4.69, 9.17) is 9.90 Å². The fourth-order valence-electron chi connectivity index (χ4n) is 4.78. The highest BCUT2D eigenvalue weighted by atomic mass is 16.3. The fraction of sp³-hybridized carbons (Fsp3) is 0.333. The van der Waals surface area contributed by atoms with Crippen molar-refractivity contribution in [3.8, 4) is 0 Å². The van der Waals surface area contributed by atoms with E-state index in [9.17, 15) is 4.79 Å².